The summed E-state index contributed by atoms with van der Waals surface area (Å²) in [6, 6.07) is 12.6. The molecule has 29 heavy (non-hydrogen) atoms. The van der Waals surface area contributed by atoms with Crippen molar-refractivity contribution >= 4 is 35.5 Å². The fourth-order valence-corrected chi connectivity index (χ4v) is 2.89. The number of primary amides is 1. The molecule has 0 unspecified atom stereocenters. The topological polar surface area (TPSA) is 119 Å². The van der Waals surface area contributed by atoms with E-state index in [1.807, 2.05) is 19.1 Å². The van der Waals surface area contributed by atoms with Gasteiger partial charge in [0, 0.05) is 0 Å². The van der Waals surface area contributed by atoms with Crippen molar-refractivity contribution in [1.82, 2.24) is 5.32 Å². The highest BCUT2D eigenvalue weighted by molar-refractivity contribution is 6.39. The summed E-state index contributed by atoms with van der Waals surface area (Å²) >= 11 is 0. The standard InChI is InChI=1S/C21H19N3O5/c1-2-14-5-3-4-6-17(14)24-20(27)16(19(26)23-21(24)28)11-13-7-9-15(10-8-13)29-12-18(22)25/h3-11H,2,12H2,1H3,(H2,22,25)(H,23,26,28)/b16-11+. The Kier molecular flexibility index (Phi) is 5.73. The lowest BCUT2D eigenvalue weighted by Crippen LogP contribution is -2.54. The largest absolute Gasteiger partial charge is 0.484 e. The van der Waals surface area contributed by atoms with Gasteiger partial charge in [0.1, 0.15) is 11.3 Å². The Labute approximate surface area is 166 Å². The van der Waals surface area contributed by atoms with E-state index in [4.69, 9.17) is 10.5 Å². The number of carbonyl (C=O) groups excluding carboxylic acids is 4. The molecule has 5 amide bonds. The normalized spacial score (nSPS) is 15.4. The molecule has 0 spiro atoms. The van der Waals surface area contributed by atoms with Gasteiger partial charge < -0.3 is 10.5 Å². The second-order valence-corrected chi connectivity index (χ2v) is 6.26. The Hall–Kier alpha value is -3.94. The van der Waals surface area contributed by atoms with E-state index < -0.39 is 23.8 Å². The van der Waals surface area contributed by atoms with E-state index in [0.717, 1.165) is 10.5 Å². The average molecular weight is 393 g/mol. The van der Waals surface area contributed by atoms with Crippen molar-refractivity contribution in [3.05, 3.63) is 65.2 Å². The second kappa shape index (κ2) is 8.39. The van der Waals surface area contributed by atoms with Crippen LogP contribution in [-0.4, -0.2) is 30.4 Å². The number of nitrogens with two attached hydrogens (primary N) is 1. The maximum absolute atomic E-state index is 13.0. The third-order valence-corrected chi connectivity index (χ3v) is 4.29. The molecule has 8 nitrogen and oxygen atoms in total. The number of amides is 5. The molecule has 2 aromatic carbocycles. The third kappa shape index (κ3) is 4.32. The van der Waals surface area contributed by atoms with Crippen LogP contribution in [0.25, 0.3) is 6.08 Å². The van der Waals surface area contributed by atoms with Crippen molar-refractivity contribution in [3.63, 3.8) is 0 Å². The van der Waals surface area contributed by atoms with E-state index in [2.05, 4.69) is 5.32 Å². The maximum Gasteiger partial charge on any atom is 0.335 e. The molecule has 0 atom stereocenters. The number of hydrogen-bond donors (Lipinski definition) is 2. The number of aryl methyl sites for hydroxylation is 1. The molecule has 0 radical (unpaired) electrons. The van der Waals surface area contributed by atoms with Crippen molar-refractivity contribution in [3.8, 4) is 5.75 Å². The quantitative estimate of drug-likeness (QED) is 0.573. The number of ether oxygens (including phenoxy) is 1. The Morgan fingerprint density at radius 2 is 1.79 bits per heavy atom. The Bertz CT molecular complexity index is 1010. The minimum atomic E-state index is -0.784. The summed E-state index contributed by atoms with van der Waals surface area (Å²) in [5.74, 6) is -1.65. The molecule has 1 aliphatic rings. The zero-order valence-electron chi connectivity index (χ0n) is 15.7. The lowest BCUT2D eigenvalue weighted by atomic mass is 10.0. The Morgan fingerprint density at radius 1 is 1.10 bits per heavy atom. The first-order chi connectivity index (χ1) is 13.9. The average Bonchev–Trinajstić information content (AvgIpc) is 2.70. The van der Waals surface area contributed by atoms with Crippen LogP contribution in [-0.2, 0) is 20.8 Å². The predicted molar refractivity (Wildman–Crippen MR) is 106 cm³/mol. The second-order valence-electron chi connectivity index (χ2n) is 6.26. The monoisotopic (exact) mass is 393 g/mol. The van der Waals surface area contributed by atoms with Gasteiger partial charge in [0.15, 0.2) is 6.61 Å². The lowest BCUT2D eigenvalue weighted by molar-refractivity contribution is -0.123. The van der Waals surface area contributed by atoms with Crippen LogP contribution in [0, 0.1) is 0 Å². The molecular weight excluding hydrogens is 374 g/mol. The molecule has 1 aliphatic heterocycles. The van der Waals surface area contributed by atoms with Gasteiger partial charge in [-0.2, -0.15) is 0 Å². The first kappa shape index (κ1) is 19.8. The number of nitrogens with zero attached hydrogens (tertiary/aromatic N) is 1. The van der Waals surface area contributed by atoms with Crippen LogP contribution in [0.1, 0.15) is 18.1 Å². The number of barbiturate groups is 1. The van der Waals surface area contributed by atoms with E-state index >= 15 is 0 Å². The number of rotatable bonds is 6. The number of carbonyl (C=O) groups is 4. The van der Waals surface area contributed by atoms with Gasteiger partial charge in [-0.25, -0.2) is 9.69 Å². The van der Waals surface area contributed by atoms with Gasteiger partial charge in [-0.05, 0) is 41.8 Å². The number of anilines is 1. The SMILES string of the molecule is CCc1ccccc1N1C(=O)NC(=O)/C(=C\c2ccc(OCC(N)=O)cc2)C1=O. The molecule has 3 N–H and O–H groups in total. The van der Waals surface area contributed by atoms with Crippen molar-refractivity contribution in [2.45, 2.75) is 13.3 Å². The zero-order valence-corrected chi connectivity index (χ0v) is 15.7. The van der Waals surface area contributed by atoms with Crippen molar-refractivity contribution in [2.75, 3.05) is 11.5 Å². The number of urea groups is 1. The maximum atomic E-state index is 13.0. The first-order valence-electron chi connectivity index (χ1n) is 8.91. The van der Waals surface area contributed by atoms with Gasteiger partial charge in [0.25, 0.3) is 17.7 Å². The van der Waals surface area contributed by atoms with Gasteiger partial charge >= 0.3 is 6.03 Å². The van der Waals surface area contributed by atoms with Gasteiger partial charge in [-0.1, -0.05) is 37.3 Å². The summed E-state index contributed by atoms with van der Waals surface area (Å²) in [5.41, 5.74) is 6.66. The first-order valence-corrected chi connectivity index (χ1v) is 8.91. The highest BCUT2D eigenvalue weighted by Gasteiger charge is 2.37. The number of nitrogens with one attached hydrogen (secondary N) is 1. The molecule has 2 aromatic rings. The van der Waals surface area contributed by atoms with Crippen molar-refractivity contribution in [1.29, 1.82) is 0 Å². The van der Waals surface area contributed by atoms with E-state index in [1.165, 1.54) is 6.08 Å². The van der Waals surface area contributed by atoms with Gasteiger partial charge in [-0.15, -0.1) is 0 Å². The molecule has 1 saturated heterocycles. The fraction of sp³-hybridized carbons (Fsp3) is 0.143. The number of imide groups is 2. The van der Waals surface area contributed by atoms with Gasteiger partial charge in [-0.3, -0.25) is 19.7 Å². The van der Waals surface area contributed by atoms with E-state index in [9.17, 15) is 19.2 Å². The molecule has 0 aliphatic carbocycles. The van der Waals surface area contributed by atoms with E-state index in [0.29, 0.717) is 23.4 Å². The molecule has 148 valence electrons. The lowest BCUT2D eigenvalue weighted by Gasteiger charge is -2.27. The summed E-state index contributed by atoms with van der Waals surface area (Å²) in [5, 5.41) is 2.21. The van der Waals surface area contributed by atoms with Crippen LogP contribution in [0.15, 0.2) is 54.1 Å². The highest BCUT2D eigenvalue weighted by atomic mass is 16.5. The molecule has 0 aromatic heterocycles. The van der Waals surface area contributed by atoms with Crippen LogP contribution in [0.3, 0.4) is 0 Å². The summed E-state index contributed by atoms with van der Waals surface area (Å²) in [4.78, 5) is 49.3. The summed E-state index contributed by atoms with van der Waals surface area (Å²) < 4.78 is 5.17. The molecule has 1 heterocycles. The molecule has 1 fully saturated rings. The fourth-order valence-electron chi connectivity index (χ4n) is 2.89. The summed E-state index contributed by atoms with van der Waals surface area (Å²) in [6.07, 6.45) is 2.01. The third-order valence-electron chi connectivity index (χ3n) is 4.29. The molecular formula is C21H19N3O5. The molecule has 3 rings (SSSR count). The van der Waals surface area contributed by atoms with Gasteiger partial charge in [0.2, 0.25) is 0 Å². The van der Waals surface area contributed by atoms with E-state index in [1.54, 1.807) is 36.4 Å². The van der Waals surface area contributed by atoms with Crippen LogP contribution in [0.4, 0.5) is 10.5 Å². The summed E-state index contributed by atoms with van der Waals surface area (Å²) in [6.45, 7) is 1.66. The smallest absolute Gasteiger partial charge is 0.335 e. The zero-order chi connectivity index (χ0) is 21.0. The van der Waals surface area contributed by atoms with E-state index in [-0.39, 0.29) is 12.2 Å². The van der Waals surface area contributed by atoms with Crippen molar-refractivity contribution < 1.29 is 23.9 Å². The van der Waals surface area contributed by atoms with Crippen LogP contribution < -0.4 is 20.7 Å². The Balaban J connectivity index is 1.90. The molecule has 0 bridgehead atoms. The summed E-state index contributed by atoms with van der Waals surface area (Å²) in [7, 11) is 0. The number of hydrogen-bond acceptors (Lipinski definition) is 5. The van der Waals surface area contributed by atoms with Crippen LogP contribution in [0.5, 0.6) is 5.75 Å². The Morgan fingerprint density at radius 3 is 2.45 bits per heavy atom. The van der Waals surface area contributed by atoms with Gasteiger partial charge in [0.05, 0.1) is 5.69 Å². The molecule has 0 saturated carbocycles. The minimum absolute atomic E-state index is 0.165. The van der Waals surface area contributed by atoms with Crippen molar-refractivity contribution in [2.24, 2.45) is 5.73 Å². The number of benzene rings is 2. The van der Waals surface area contributed by atoms with Crippen LogP contribution >= 0.6 is 0 Å². The van der Waals surface area contributed by atoms with Crippen LogP contribution in [0.2, 0.25) is 0 Å². The molecule has 8 heteroatoms. The predicted octanol–water partition coefficient (Wildman–Crippen LogP) is 1.78. The minimum Gasteiger partial charge on any atom is -0.484 e. The number of para-hydroxylation sites is 1. The highest BCUT2D eigenvalue weighted by Crippen LogP contribution is 2.26.